The minimum absolute atomic E-state index is 0.151. The second-order valence-electron chi connectivity index (χ2n) is 4.04. The molecular weight excluding hydrogens is 219 g/mol. The quantitative estimate of drug-likeness (QED) is 0.877. The Morgan fingerprint density at radius 3 is 2.65 bits per heavy atom. The van der Waals surface area contributed by atoms with Crippen LogP contribution >= 0.6 is 0 Å². The normalized spacial score (nSPS) is 12.6. The van der Waals surface area contributed by atoms with Crippen molar-refractivity contribution in [3.63, 3.8) is 0 Å². The molecule has 1 aromatic carbocycles. The fraction of sp³-hybridized carbons (Fsp3) is 0.333. The molecular formula is C12H15FN4. The Morgan fingerprint density at radius 1 is 1.35 bits per heavy atom. The van der Waals surface area contributed by atoms with Crippen LogP contribution in [0.3, 0.4) is 0 Å². The zero-order valence-corrected chi connectivity index (χ0v) is 9.89. The molecule has 0 spiro atoms. The molecule has 4 nitrogen and oxygen atoms in total. The number of halogens is 1. The van der Waals surface area contributed by atoms with Gasteiger partial charge in [-0.3, -0.25) is 4.68 Å². The average molecular weight is 234 g/mol. The maximum Gasteiger partial charge on any atom is 0.123 e. The van der Waals surface area contributed by atoms with Crippen LogP contribution in [-0.4, -0.2) is 15.0 Å². The second-order valence-corrected chi connectivity index (χ2v) is 4.04. The fourth-order valence-electron chi connectivity index (χ4n) is 1.60. The number of aromatic nitrogens is 3. The lowest BCUT2D eigenvalue weighted by Crippen LogP contribution is -2.18. The highest BCUT2D eigenvalue weighted by atomic mass is 19.1. The highest BCUT2D eigenvalue weighted by Crippen LogP contribution is 2.13. The van der Waals surface area contributed by atoms with E-state index in [2.05, 4.69) is 15.6 Å². The van der Waals surface area contributed by atoms with Gasteiger partial charge in [-0.2, -0.15) is 0 Å². The third kappa shape index (κ3) is 3.10. The predicted octanol–water partition coefficient (Wildman–Crippen LogP) is 1.80. The standard InChI is InChI=1S/C12H15FN4/c1-9(10-3-5-11(13)6-4-10)14-7-12-8-17(2)16-15-12/h3-6,8-9,14H,7H2,1-2H3. The van der Waals surface area contributed by atoms with Crippen molar-refractivity contribution in [2.45, 2.75) is 19.5 Å². The van der Waals surface area contributed by atoms with Crippen LogP contribution in [0, 0.1) is 5.82 Å². The van der Waals surface area contributed by atoms with Gasteiger partial charge in [-0.1, -0.05) is 17.3 Å². The van der Waals surface area contributed by atoms with E-state index in [1.807, 2.05) is 20.2 Å². The largest absolute Gasteiger partial charge is 0.304 e. The van der Waals surface area contributed by atoms with Crippen molar-refractivity contribution >= 4 is 0 Å². The number of rotatable bonds is 4. The van der Waals surface area contributed by atoms with Crippen LogP contribution in [0.15, 0.2) is 30.5 Å². The first kappa shape index (κ1) is 11.7. The Labute approximate surface area is 99.5 Å². The van der Waals surface area contributed by atoms with Crippen LogP contribution in [0.2, 0.25) is 0 Å². The molecule has 0 aliphatic rings. The zero-order valence-electron chi connectivity index (χ0n) is 9.89. The van der Waals surface area contributed by atoms with Crippen molar-refractivity contribution in [2.75, 3.05) is 0 Å². The van der Waals surface area contributed by atoms with Gasteiger partial charge in [0, 0.05) is 25.8 Å². The highest BCUT2D eigenvalue weighted by molar-refractivity contribution is 5.19. The van der Waals surface area contributed by atoms with E-state index in [1.165, 1.54) is 12.1 Å². The number of aryl methyl sites for hydroxylation is 1. The maximum absolute atomic E-state index is 12.8. The first-order chi connectivity index (χ1) is 8.15. The van der Waals surface area contributed by atoms with E-state index in [9.17, 15) is 4.39 Å². The minimum Gasteiger partial charge on any atom is -0.304 e. The SMILES string of the molecule is CC(NCc1cn(C)nn1)c1ccc(F)cc1. The molecule has 1 atom stereocenters. The summed E-state index contributed by atoms with van der Waals surface area (Å²) in [5, 5.41) is 11.2. The van der Waals surface area contributed by atoms with E-state index >= 15 is 0 Å². The number of hydrogen-bond acceptors (Lipinski definition) is 3. The third-order valence-corrected chi connectivity index (χ3v) is 2.61. The van der Waals surface area contributed by atoms with Crippen molar-refractivity contribution in [1.82, 2.24) is 20.3 Å². The van der Waals surface area contributed by atoms with Crippen LogP contribution < -0.4 is 5.32 Å². The van der Waals surface area contributed by atoms with Crippen molar-refractivity contribution in [3.8, 4) is 0 Å². The van der Waals surface area contributed by atoms with Gasteiger partial charge in [0.05, 0.1) is 5.69 Å². The topological polar surface area (TPSA) is 42.7 Å². The molecule has 0 radical (unpaired) electrons. The molecule has 0 aliphatic carbocycles. The van der Waals surface area contributed by atoms with Crippen LogP contribution in [0.1, 0.15) is 24.2 Å². The Balaban J connectivity index is 1.93. The van der Waals surface area contributed by atoms with Gasteiger partial charge in [0.25, 0.3) is 0 Å². The van der Waals surface area contributed by atoms with Crippen LogP contribution in [0.5, 0.6) is 0 Å². The molecule has 2 rings (SSSR count). The summed E-state index contributed by atoms with van der Waals surface area (Å²) < 4.78 is 14.4. The zero-order chi connectivity index (χ0) is 12.3. The van der Waals surface area contributed by atoms with Crippen molar-refractivity contribution in [3.05, 3.63) is 47.5 Å². The summed E-state index contributed by atoms with van der Waals surface area (Å²) in [7, 11) is 1.83. The molecule has 0 amide bonds. The Hall–Kier alpha value is -1.75. The summed E-state index contributed by atoms with van der Waals surface area (Å²) in [6.45, 7) is 2.68. The van der Waals surface area contributed by atoms with Gasteiger partial charge in [0.1, 0.15) is 5.82 Å². The fourth-order valence-corrected chi connectivity index (χ4v) is 1.60. The summed E-state index contributed by atoms with van der Waals surface area (Å²) in [5.74, 6) is -0.213. The molecule has 1 N–H and O–H groups in total. The van der Waals surface area contributed by atoms with Gasteiger partial charge >= 0.3 is 0 Å². The van der Waals surface area contributed by atoms with Gasteiger partial charge in [-0.15, -0.1) is 5.10 Å². The molecule has 0 aliphatic heterocycles. The molecule has 1 aromatic heterocycles. The summed E-state index contributed by atoms with van der Waals surface area (Å²) in [5.41, 5.74) is 1.94. The summed E-state index contributed by atoms with van der Waals surface area (Å²) in [4.78, 5) is 0. The van der Waals surface area contributed by atoms with Gasteiger partial charge in [0.15, 0.2) is 0 Å². The van der Waals surface area contributed by atoms with E-state index < -0.39 is 0 Å². The van der Waals surface area contributed by atoms with E-state index in [1.54, 1.807) is 16.8 Å². The lowest BCUT2D eigenvalue weighted by Gasteiger charge is -2.12. The summed E-state index contributed by atoms with van der Waals surface area (Å²) >= 11 is 0. The van der Waals surface area contributed by atoms with E-state index in [4.69, 9.17) is 0 Å². The number of nitrogens with one attached hydrogen (secondary N) is 1. The minimum atomic E-state index is -0.213. The third-order valence-electron chi connectivity index (χ3n) is 2.61. The van der Waals surface area contributed by atoms with E-state index in [0.717, 1.165) is 11.3 Å². The predicted molar refractivity (Wildman–Crippen MR) is 62.7 cm³/mol. The van der Waals surface area contributed by atoms with Crippen LogP contribution in [-0.2, 0) is 13.6 Å². The molecule has 0 saturated heterocycles. The molecule has 1 unspecified atom stereocenters. The molecule has 5 heteroatoms. The smallest absolute Gasteiger partial charge is 0.123 e. The van der Waals surface area contributed by atoms with Gasteiger partial charge in [-0.05, 0) is 24.6 Å². The number of benzene rings is 1. The average Bonchev–Trinajstić information content (AvgIpc) is 2.73. The molecule has 17 heavy (non-hydrogen) atoms. The Bertz CT molecular complexity index is 478. The van der Waals surface area contributed by atoms with Gasteiger partial charge in [-0.25, -0.2) is 4.39 Å². The lowest BCUT2D eigenvalue weighted by atomic mass is 10.1. The number of hydrogen-bond donors (Lipinski definition) is 1. The Kier molecular flexibility index (Phi) is 3.49. The van der Waals surface area contributed by atoms with Crippen LogP contribution in [0.25, 0.3) is 0 Å². The molecule has 0 saturated carbocycles. The van der Waals surface area contributed by atoms with Gasteiger partial charge in [0.2, 0.25) is 0 Å². The first-order valence-corrected chi connectivity index (χ1v) is 5.49. The van der Waals surface area contributed by atoms with Crippen molar-refractivity contribution < 1.29 is 4.39 Å². The summed E-state index contributed by atoms with van der Waals surface area (Å²) in [6.07, 6.45) is 1.87. The molecule has 1 heterocycles. The molecule has 0 fully saturated rings. The molecule has 90 valence electrons. The monoisotopic (exact) mass is 234 g/mol. The second kappa shape index (κ2) is 5.05. The molecule has 2 aromatic rings. The van der Waals surface area contributed by atoms with Crippen LogP contribution in [0.4, 0.5) is 4.39 Å². The summed E-state index contributed by atoms with van der Waals surface area (Å²) in [6, 6.07) is 6.65. The van der Waals surface area contributed by atoms with E-state index in [0.29, 0.717) is 6.54 Å². The van der Waals surface area contributed by atoms with Gasteiger partial charge < -0.3 is 5.32 Å². The molecule has 0 bridgehead atoms. The van der Waals surface area contributed by atoms with Crippen molar-refractivity contribution in [2.24, 2.45) is 7.05 Å². The lowest BCUT2D eigenvalue weighted by molar-refractivity contribution is 0.564. The first-order valence-electron chi connectivity index (χ1n) is 5.49. The Morgan fingerprint density at radius 2 is 2.06 bits per heavy atom. The van der Waals surface area contributed by atoms with Crippen molar-refractivity contribution in [1.29, 1.82) is 0 Å². The highest BCUT2D eigenvalue weighted by Gasteiger charge is 2.06. The van der Waals surface area contributed by atoms with E-state index in [-0.39, 0.29) is 11.9 Å². The number of nitrogens with zero attached hydrogens (tertiary/aromatic N) is 3. The maximum atomic E-state index is 12.8.